The standard InChI is InChI=1S/C18H22O4/c1-6-21-17(19)15-12(5)14-11(4)8-10(3)9-13(14)16(15)18(20)22-7-2/h8-9,16H,6-7H2,1-5H3. The molecule has 0 spiro atoms. The number of hydrogen-bond donors (Lipinski definition) is 0. The Kier molecular flexibility index (Phi) is 4.69. The van der Waals surface area contributed by atoms with Crippen molar-refractivity contribution in [2.75, 3.05) is 13.2 Å². The van der Waals surface area contributed by atoms with Gasteiger partial charge in [0.2, 0.25) is 0 Å². The van der Waals surface area contributed by atoms with Crippen LogP contribution in [-0.2, 0) is 19.1 Å². The second-order valence-corrected chi connectivity index (χ2v) is 5.49. The second kappa shape index (κ2) is 6.34. The molecule has 118 valence electrons. The molecule has 0 amide bonds. The van der Waals surface area contributed by atoms with E-state index in [2.05, 4.69) is 6.07 Å². The van der Waals surface area contributed by atoms with Crippen molar-refractivity contribution in [3.05, 3.63) is 40.0 Å². The van der Waals surface area contributed by atoms with Gasteiger partial charge >= 0.3 is 11.9 Å². The zero-order valence-corrected chi connectivity index (χ0v) is 13.8. The molecule has 1 aliphatic rings. The van der Waals surface area contributed by atoms with Gasteiger partial charge in [-0.25, -0.2) is 4.79 Å². The van der Waals surface area contributed by atoms with E-state index >= 15 is 0 Å². The molecule has 22 heavy (non-hydrogen) atoms. The van der Waals surface area contributed by atoms with E-state index in [1.165, 1.54) is 0 Å². The first kappa shape index (κ1) is 16.3. The molecule has 0 aliphatic heterocycles. The van der Waals surface area contributed by atoms with E-state index in [1.807, 2.05) is 26.8 Å². The lowest BCUT2D eigenvalue weighted by Crippen LogP contribution is -2.22. The number of aryl methyl sites for hydroxylation is 2. The minimum Gasteiger partial charge on any atom is -0.465 e. The SMILES string of the molecule is CCOC(=O)C1=C(C)c2c(C)cc(C)cc2C1C(=O)OCC. The van der Waals surface area contributed by atoms with Crippen molar-refractivity contribution in [2.24, 2.45) is 0 Å². The van der Waals surface area contributed by atoms with Gasteiger partial charge in [0.25, 0.3) is 0 Å². The highest BCUT2D eigenvalue weighted by molar-refractivity contribution is 6.09. The van der Waals surface area contributed by atoms with E-state index in [9.17, 15) is 9.59 Å². The van der Waals surface area contributed by atoms with E-state index < -0.39 is 17.9 Å². The monoisotopic (exact) mass is 302 g/mol. The van der Waals surface area contributed by atoms with Crippen LogP contribution in [0, 0.1) is 13.8 Å². The van der Waals surface area contributed by atoms with Gasteiger partial charge in [-0.05, 0) is 56.9 Å². The molecule has 0 saturated carbocycles. The van der Waals surface area contributed by atoms with Crippen molar-refractivity contribution in [3.63, 3.8) is 0 Å². The van der Waals surface area contributed by atoms with Crippen molar-refractivity contribution >= 4 is 17.5 Å². The fourth-order valence-electron chi connectivity index (χ4n) is 3.20. The Morgan fingerprint density at radius 3 is 2.27 bits per heavy atom. The molecule has 4 nitrogen and oxygen atoms in total. The average Bonchev–Trinajstić information content (AvgIpc) is 2.72. The maximum Gasteiger partial charge on any atom is 0.335 e. The van der Waals surface area contributed by atoms with Crippen LogP contribution in [0.1, 0.15) is 48.9 Å². The fourth-order valence-corrected chi connectivity index (χ4v) is 3.20. The smallest absolute Gasteiger partial charge is 0.335 e. The Labute approximate surface area is 131 Å². The van der Waals surface area contributed by atoms with Crippen LogP contribution in [0.4, 0.5) is 0 Å². The largest absolute Gasteiger partial charge is 0.465 e. The zero-order valence-electron chi connectivity index (χ0n) is 13.8. The van der Waals surface area contributed by atoms with E-state index in [-0.39, 0.29) is 13.2 Å². The molecule has 0 saturated heterocycles. The third-order valence-electron chi connectivity index (χ3n) is 3.91. The molecule has 0 radical (unpaired) electrons. The van der Waals surface area contributed by atoms with Crippen LogP contribution < -0.4 is 0 Å². The molecule has 0 bridgehead atoms. The highest BCUT2D eigenvalue weighted by Crippen LogP contribution is 2.44. The Hall–Kier alpha value is -2.10. The van der Waals surface area contributed by atoms with Crippen molar-refractivity contribution in [1.82, 2.24) is 0 Å². The van der Waals surface area contributed by atoms with Crippen molar-refractivity contribution in [2.45, 2.75) is 40.5 Å². The number of rotatable bonds is 4. The highest BCUT2D eigenvalue weighted by Gasteiger charge is 2.40. The van der Waals surface area contributed by atoms with E-state index in [1.54, 1.807) is 13.8 Å². The molecule has 1 unspecified atom stereocenters. The lowest BCUT2D eigenvalue weighted by atomic mass is 9.92. The van der Waals surface area contributed by atoms with E-state index in [0.717, 1.165) is 27.8 Å². The zero-order chi connectivity index (χ0) is 16.4. The minimum atomic E-state index is -0.687. The quantitative estimate of drug-likeness (QED) is 0.801. The lowest BCUT2D eigenvalue weighted by Gasteiger charge is -2.15. The van der Waals surface area contributed by atoms with Crippen LogP contribution in [0.25, 0.3) is 5.57 Å². The summed E-state index contributed by atoms with van der Waals surface area (Å²) in [6.07, 6.45) is 0. The van der Waals surface area contributed by atoms with Gasteiger partial charge in [0, 0.05) is 0 Å². The first-order valence-corrected chi connectivity index (χ1v) is 7.58. The Balaban J connectivity index is 2.62. The summed E-state index contributed by atoms with van der Waals surface area (Å²) < 4.78 is 10.3. The van der Waals surface area contributed by atoms with Gasteiger partial charge in [0.15, 0.2) is 0 Å². The summed E-state index contributed by atoms with van der Waals surface area (Å²) >= 11 is 0. The number of ether oxygens (including phenoxy) is 2. The van der Waals surface area contributed by atoms with Crippen LogP contribution in [0.15, 0.2) is 17.7 Å². The van der Waals surface area contributed by atoms with Crippen molar-refractivity contribution in [3.8, 4) is 0 Å². The van der Waals surface area contributed by atoms with Crippen LogP contribution in [-0.4, -0.2) is 25.2 Å². The van der Waals surface area contributed by atoms with E-state index in [0.29, 0.717) is 5.57 Å². The van der Waals surface area contributed by atoms with Crippen LogP contribution in [0.2, 0.25) is 0 Å². The van der Waals surface area contributed by atoms with Gasteiger partial charge < -0.3 is 9.47 Å². The number of allylic oxidation sites excluding steroid dienone is 1. The van der Waals surface area contributed by atoms with Crippen molar-refractivity contribution < 1.29 is 19.1 Å². The summed E-state index contributed by atoms with van der Waals surface area (Å²) in [5, 5.41) is 0. The summed E-state index contributed by atoms with van der Waals surface area (Å²) in [7, 11) is 0. The molecular formula is C18H22O4. The summed E-state index contributed by atoms with van der Waals surface area (Å²) in [5.41, 5.74) is 5.14. The number of esters is 2. The first-order chi connectivity index (χ1) is 10.4. The molecule has 0 N–H and O–H groups in total. The fraction of sp³-hybridized carbons (Fsp3) is 0.444. The number of carbonyl (C=O) groups excluding carboxylic acids is 2. The van der Waals surface area contributed by atoms with Gasteiger partial charge in [0.1, 0.15) is 5.92 Å². The predicted molar refractivity (Wildman–Crippen MR) is 84.5 cm³/mol. The normalized spacial score (nSPS) is 16.5. The average molecular weight is 302 g/mol. The molecule has 2 rings (SSSR count). The van der Waals surface area contributed by atoms with Gasteiger partial charge in [-0.3, -0.25) is 4.79 Å². The van der Waals surface area contributed by atoms with Gasteiger partial charge in [-0.15, -0.1) is 0 Å². The summed E-state index contributed by atoms with van der Waals surface area (Å²) in [6.45, 7) is 9.91. The molecule has 1 aliphatic carbocycles. The van der Waals surface area contributed by atoms with E-state index in [4.69, 9.17) is 9.47 Å². The predicted octanol–water partition coefficient (Wildman–Crippen LogP) is 3.30. The molecule has 0 aromatic heterocycles. The third kappa shape index (κ3) is 2.65. The minimum absolute atomic E-state index is 0.277. The highest BCUT2D eigenvalue weighted by atomic mass is 16.5. The Morgan fingerprint density at radius 1 is 1.05 bits per heavy atom. The number of fused-ring (bicyclic) bond motifs is 1. The number of benzene rings is 1. The third-order valence-corrected chi connectivity index (χ3v) is 3.91. The van der Waals surface area contributed by atoms with Gasteiger partial charge in [-0.1, -0.05) is 17.7 Å². The maximum atomic E-state index is 12.4. The summed E-state index contributed by atoms with van der Waals surface area (Å²) in [5.74, 6) is -1.52. The Bertz CT molecular complexity index is 655. The lowest BCUT2D eigenvalue weighted by molar-refractivity contribution is -0.147. The Morgan fingerprint density at radius 2 is 1.68 bits per heavy atom. The van der Waals surface area contributed by atoms with Gasteiger partial charge in [0.05, 0.1) is 18.8 Å². The number of carbonyl (C=O) groups is 2. The van der Waals surface area contributed by atoms with Crippen molar-refractivity contribution in [1.29, 1.82) is 0 Å². The summed E-state index contributed by atoms with van der Waals surface area (Å²) in [4.78, 5) is 24.8. The van der Waals surface area contributed by atoms with Crippen LogP contribution in [0.5, 0.6) is 0 Å². The molecule has 0 heterocycles. The summed E-state index contributed by atoms with van der Waals surface area (Å²) in [6, 6.07) is 4.01. The molecule has 0 fully saturated rings. The second-order valence-electron chi connectivity index (χ2n) is 5.49. The van der Waals surface area contributed by atoms with Gasteiger partial charge in [-0.2, -0.15) is 0 Å². The first-order valence-electron chi connectivity index (χ1n) is 7.58. The topological polar surface area (TPSA) is 52.6 Å². The molecule has 4 heteroatoms. The molecule has 1 atom stereocenters. The van der Waals surface area contributed by atoms with Crippen LogP contribution >= 0.6 is 0 Å². The molecule has 1 aromatic carbocycles. The number of hydrogen-bond acceptors (Lipinski definition) is 4. The van der Waals surface area contributed by atoms with Crippen LogP contribution in [0.3, 0.4) is 0 Å². The molecule has 1 aromatic rings. The maximum absolute atomic E-state index is 12.4. The molecular weight excluding hydrogens is 280 g/mol.